The zero-order valence-electron chi connectivity index (χ0n) is 17.1. The molecule has 4 rings (SSSR count). The molecule has 0 spiro atoms. The van der Waals surface area contributed by atoms with Crippen LogP contribution < -0.4 is 10.2 Å². The van der Waals surface area contributed by atoms with Crippen LogP contribution >= 0.6 is 0 Å². The minimum atomic E-state index is -0.331. The van der Waals surface area contributed by atoms with E-state index in [9.17, 15) is 0 Å². The third-order valence-corrected chi connectivity index (χ3v) is 6.41. The first-order chi connectivity index (χ1) is 12.8. The summed E-state index contributed by atoms with van der Waals surface area (Å²) in [4.78, 5) is 2.46. The van der Waals surface area contributed by atoms with Gasteiger partial charge in [0.05, 0.1) is 24.4 Å². The fourth-order valence-electron chi connectivity index (χ4n) is 3.72. The Balaban J connectivity index is 1.55. The molecule has 0 saturated carbocycles. The summed E-state index contributed by atoms with van der Waals surface area (Å²) in [5.74, 6) is 0.995. The van der Waals surface area contributed by atoms with Gasteiger partial charge >= 0.3 is 7.12 Å². The maximum absolute atomic E-state index is 6.37. The molecule has 1 aromatic carbocycles. The van der Waals surface area contributed by atoms with Crippen molar-refractivity contribution in [1.29, 1.82) is 0 Å². The maximum atomic E-state index is 6.37. The summed E-state index contributed by atoms with van der Waals surface area (Å²) in [5, 5.41) is 0. The number of ether oxygens (including phenoxy) is 2. The third-order valence-electron chi connectivity index (χ3n) is 6.41. The molecular weight excluding hydrogens is 341 g/mol. The Morgan fingerprint density at radius 2 is 1.74 bits per heavy atom. The molecule has 0 aliphatic carbocycles. The Kier molecular flexibility index (Phi) is 5.27. The summed E-state index contributed by atoms with van der Waals surface area (Å²) in [6.45, 7) is 13.2. The van der Waals surface area contributed by atoms with Crippen molar-refractivity contribution in [2.45, 2.75) is 70.8 Å². The summed E-state index contributed by atoms with van der Waals surface area (Å²) in [6, 6.07) is 6.41. The lowest BCUT2D eigenvalue weighted by molar-refractivity contribution is 0.00578. The van der Waals surface area contributed by atoms with Crippen LogP contribution in [0.2, 0.25) is 0 Å². The molecular formula is C21H32BNO4. The SMILES string of the molecule is CC1(C)OB(c2ccc(OC3CCOCC3)c(CN3CCC3)c2)OC1(C)C. The van der Waals surface area contributed by atoms with E-state index in [1.807, 2.05) is 0 Å². The van der Waals surface area contributed by atoms with Gasteiger partial charge in [-0.15, -0.1) is 0 Å². The second-order valence-electron chi connectivity index (χ2n) is 9.01. The highest BCUT2D eigenvalue weighted by Gasteiger charge is 2.51. The molecule has 0 bridgehead atoms. The van der Waals surface area contributed by atoms with Crippen molar-refractivity contribution in [3.8, 4) is 5.75 Å². The number of nitrogens with zero attached hydrogens (tertiary/aromatic N) is 1. The monoisotopic (exact) mass is 373 g/mol. The van der Waals surface area contributed by atoms with Gasteiger partial charge in [0.25, 0.3) is 0 Å². The van der Waals surface area contributed by atoms with Gasteiger partial charge in [0.1, 0.15) is 11.9 Å². The molecule has 0 radical (unpaired) electrons. The van der Waals surface area contributed by atoms with E-state index in [2.05, 4.69) is 50.8 Å². The zero-order valence-corrected chi connectivity index (χ0v) is 17.1. The summed E-state index contributed by atoms with van der Waals surface area (Å²) in [6.07, 6.45) is 3.45. The second kappa shape index (κ2) is 7.39. The Bertz CT molecular complexity index is 652. The number of hydrogen-bond acceptors (Lipinski definition) is 5. The van der Waals surface area contributed by atoms with Crippen LogP contribution in [-0.2, 0) is 20.6 Å². The van der Waals surface area contributed by atoms with Crippen LogP contribution in [-0.4, -0.2) is 55.6 Å². The van der Waals surface area contributed by atoms with Crippen molar-refractivity contribution >= 4 is 12.6 Å². The van der Waals surface area contributed by atoms with Crippen LogP contribution in [0.1, 0.15) is 52.5 Å². The molecule has 6 heteroatoms. The number of likely N-dealkylation sites (tertiary alicyclic amines) is 1. The maximum Gasteiger partial charge on any atom is 0.494 e. The van der Waals surface area contributed by atoms with E-state index in [4.69, 9.17) is 18.8 Å². The summed E-state index contributed by atoms with van der Waals surface area (Å²) in [7, 11) is -0.331. The highest BCUT2D eigenvalue weighted by atomic mass is 16.7. The molecule has 3 heterocycles. The molecule has 1 aromatic rings. The van der Waals surface area contributed by atoms with E-state index >= 15 is 0 Å². The molecule has 5 nitrogen and oxygen atoms in total. The Morgan fingerprint density at radius 1 is 1.07 bits per heavy atom. The minimum absolute atomic E-state index is 0.247. The molecule has 3 aliphatic heterocycles. The van der Waals surface area contributed by atoms with Crippen molar-refractivity contribution in [3.63, 3.8) is 0 Å². The van der Waals surface area contributed by atoms with E-state index in [-0.39, 0.29) is 24.4 Å². The molecule has 3 fully saturated rings. The normalized spacial score (nSPS) is 25.4. The van der Waals surface area contributed by atoms with Crippen molar-refractivity contribution in [3.05, 3.63) is 23.8 Å². The number of hydrogen-bond donors (Lipinski definition) is 0. The first-order valence-corrected chi connectivity index (χ1v) is 10.3. The number of rotatable bonds is 5. The van der Waals surface area contributed by atoms with Crippen LogP contribution in [0.3, 0.4) is 0 Å². The number of benzene rings is 1. The largest absolute Gasteiger partial charge is 0.494 e. The topological polar surface area (TPSA) is 40.2 Å². The van der Waals surface area contributed by atoms with E-state index in [1.165, 1.54) is 12.0 Å². The average molecular weight is 373 g/mol. The summed E-state index contributed by atoms with van der Waals surface area (Å²) in [5.41, 5.74) is 1.65. The fraction of sp³-hybridized carbons (Fsp3) is 0.714. The minimum Gasteiger partial charge on any atom is -0.490 e. The van der Waals surface area contributed by atoms with Gasteiger partial charge in [-0.25, -0.2) is 0 Å². The lowest BCUT2D eigenvalue weighted by Gasteiger charge is -2.32. The zero-order chi connectivity index (χ0) is 19.1. The lowest BCUT2D eigenvalue weighted by atomic mass is 9.78. The van der Waals surface area contributed by atoms with Gasteiger partial charge in [0, 0.05) is 24.9 Å². The predicted octanol–water partition coefficient (Wildman–Crippen LogP) is 2.75. The molecule has 0 aromatic heterocycles. The molecule has 3 saturated heterocycles. The van der Waals surface area contributed by atoms with Gasteiger partial charge in [0.2, 0.25) is 0 Å². The third kappa shape index (κ3) is 4.04. The van der Waals surface area contributed by atoms with Crippen LogP contribution in [0.4, 0.5) is 0 Å². The predicted molar refractivity (Wildman–Crippen MR) is 107 cm³/mol. The van der Waals surface area contributed by atoms with E-state index in [1.54, 1.807) is 0 Å². The summed E-state index contributed by atoms with van der Waals surface area (Å²) >= 11 is 0. The van der Waals surface area contributed by atoms with Gasteiger partial charge in [-0.3, -0.25) is 4.90 Å². The Hall–Kier alpha value is -1.08. The van der Waals surface area contributed by atoms with Crippen LogP contribution in [0.5, 0.6) is 5.75 Å². The van der Waals surface area contributed by atoms with E-state index < -0.39 is 0 Å². The molecule has 0 amide bonds. The van der Waals surface area contributed by atoms with Gasteiger partial charge in [0.15, 0.2) is 0 Å². The van der Waals surface area contributed by atoms with Crippen LogP contribution in [0.25, 0.3) is 0 Å². The quantitative estimate of drug-likeness (QED) is 0.743. The van der Waals surface area contributed by atoms with Gasteiger partial charge < -0.3 is 18.8 Å². The standard InChI is InChI=1S/C21H32BNO4/c1-20(2)21(3,4)27-22(26-20)17-6-7-19(25-18-8-12-24-13-9-18)16(14-17)15-23-10-5-11-23/h6-7,14,18H,5,8-13,15H2,1-4H3. The molecule has 3 aliphatic rings. The van der Waals surface area contributed by atoms with E-state index in [0.717, 1.165) is 56.9 Å². The molecule has 27 heavy (non-hydrogen) atoms. The van der Waals surface area contributed by atoms with Crippen molar-refractivity contribution in [1.82, 2.24) is 4.90 Å². The smallest absolute Gasteiger partial charge is 0.490 e. The highest BCUT2D eigenvalue weighted by molar-refractivity contribution is 6.62. The first kappa shape index (κ1) is 19.3. The lowest BCUT2D eigenvalue weighted by Crippen LogP contribution is -2.41. The van der Waals surface area contributed by atoms with Gasteiger partial charge in [-0.2, -0.15) is 0 Å². The Labute approximate surface area is 163 Å². The van der Waals surface area contributed by atoms with Crippen molar-refractivity contribution < 1.29 is 18.8 Å². The first-order valence-electron chi connectivity index (χ1n) is 10.3. The van der Waals surface area contributed by atoms with Gasteiger partial charge in [-0.1, -0.05) is 12.1 Å². The van der Waals surface area contributed by atoms with Gasteiger partial charge in [-0.05, 0) is 58.7 Å². The van der Waals surface area contributed by atoms with Crippen molar-refractivity contribution in [2.24, 2.45) is 0 Å². The Morgan fingerprint density at radius 3 is 2.33 bits per heavy atom. The molecule has 0 N–H and O–H groups in total. The molecule has 0 atom stereocenters. The highest BCUT2D eigenvalue weighted by Crippen LogP contribution is 2.37. The van der Waals surface area contributed by atoms with Crippen molar-refractivity contribution in [2.75, 3.05) is 26.3 Å². The van der Waals surface area contributed by atoms with E-state index in [0.29, 0.717) is 0 Å². The van der Waals surface area contributed by atoms with Crippen LogP contribution in [0.15, 0.2) is 18.2 Å². The fourth-order valence-corrected chi connectivity index (χ4v) is 3.72. The second-order valence-corrected chi connectivity index (χ2v) is 9.01. The molecule has 148 valence electrons. The summed E-state index contributed by atoms with van der Waals surface area (Å²) < 4.78 is 24.3. The van der Waals surface area contributed by atoms with Crippen LogP contribution in [0, 0.1) is 0 Å². The molecule has 0 unspecified atom stereocenters. The average Bonchev–Trinajstić information content (AvgIpc) is 2.81.